The molecule has 0 saturated heterocycles. The molecule has 5 rings (SSSR count). The first-order valence-electron chi connectivity index (χ1n) is 9.24. The maximum atomic E-state index is 13.0. The number of pyridine rings is 1. The predicted molar refractivity (Wildman–Crippen MR) is 125 cm³/mol. The van der Waals surface area contributed by atoms with E-state index in [-0.39, 0.29) is 0 Å². The fourth-order valence-electron chi connectivity index (χ4n) is 3.31. The number of thiophene rings is 2. The van der Waals surface area contributed by atoms with Crippen molar-refractivity contribution in [2.45, 2.75) is 9.96 Å². The molecule has 142 valence electrons. The molecule has 0 aliphatic heterocycles. The summed E-state index contributed by atoms with van der Waals surface area (Å²) in [6.45, 7) is 0. The number of rotatable bonds is 5. The van der Waals surface area contributed by atoms with Gasteiger partial charge in [-0.2, -0.15) is 0 Å². The molecule has 3 aromatic heterocycles. The summed E-state index contributed by atoms with van der Waals surface area (Å²) in [5.74, 6) is 0.520. The van der Waals surface area contributed by atoms with E-state index in [1.807, 2.05) is 54.6 Å². The van der Waals surface area contributed by atoms with E-state index in [9.17, 15) is 4.21 Å². The Morgan fingerprint density at radius 1 is 0.862 bits per heavy atom. The van der Waals surface area contributed by atoms with Gasteiger partial charge in [0.15, 0.2) is 0 Å². The minimum absolute atomic E-state index is 0.520. The molecule has 5 aromatic rings. The van der Waals surface area contributed by atoms with Crippen molar-refractivity contribution in [3.8, 4) is 21.7 Å². The summed E-state index contributed by atoms with van der Waals surface area (Å²) >= 11 is 3.22. The zero-order valence-electron chi connectivity index (χ0n) is 15.4. The molecule has 0 fully saturated rings. The highest BCUT2D eigenvalue weighted by Crippen LogP contribution is 2.38. The van der Waals surface area contributed by atoms with Crippen LogP contribution in [0, 0.1) is 0 Å². The molecule has 0 aliphatic carbocycles. The molecule has 0 bridgehead atoms. The van der Waals surface area contributed by atoms with Gasteiger partial charge in [-0.3, -0.25) is 4.21 Å². The van der Waals surface area contributed by atoms with Crippen LogP contribution >= 0.6 is 22.7 Å². The SMILES string of the molecule is O=S(Cc1ccccc1)c1cc2c(-c3ccccc3)cc(-c3cccs3)nc2s1. The molecule has 0 radical (unpaired) electrons. The largest absolute Gasteiger partial charge is 0.253 e. The average Bonchev–Trinajstić information content (AvgIpc) is 3.44. The fraction of sp³-hybridized carbons (Fsp3) is 0.0417. The van der Waals surface area contributed by atoms with Crippen LogP contribution in [0.15, 0.2) is 94.5 Å². The predicted octanol–water partition coefficient (Wildman–Crippen LogP) is 7.00. The molecule has 0 saturated carbocycles. The molecule has 0 amide bonds. The smallest absolute Gasteiger partial charge is 0.125 e. The quantitative estimate of drug-likeness (QED) is 0.300. The molecule has 0 N–H and O–H groups in total. The van der Waals surface area contributed by atoms with Crippen LogP contribution in [0.25, 0.3) is 31.9 Å². The number of nitrogens with zero attached hydrogens (tertiary/aromatic N) is 1. The van der Waals surface area contributed by atoms with Gasteiger partial charge in [0.1, 0.15) is 4.83 Å². The second kappa shape index (κ2) is 8.03. The van der Waals surface area contributed by atoms with Gasteiger partial charge in [0.2, 0.25) is 0 Å². The standard InChI is InChI=1S/C24H17NOS3/c26-29(16-17-8-3-1-4-9-17)23-15-20-19(18-10-5-2-6-11-18)14-21(25-24(20)28-23)22-12-7-13-27-22/h1-15H,16H2. The van der Waals surface area contributed by atoms with Crippen molar-refractivity contribution in [2.24, 2.45) is 0 Å². The normalized spacial score (nSPS) is 12.3. The Morgan fingerprint density at radius 2 is 1.62 bits per heavy atom. The third-order valence-corrected chi connectivity index (χ3v) is 8.39. The second-order valence-electron chi connectivity index (χ2n) is 6.66. The van der Waals surface area contributed by atoms with Gasteiger partial charge in [-0.05, 0) is 40.3 Å². The van der Waals surface area contributed by atoms with Gasteiger partial charge in [0.05, 0.1) is 31.3 Å². The maximum absolute atomic E-state index is 13.0. The molecular formula is C24H17NOS3. The van der Waals surface area contributed by atoms with E-state index in [2.05, 4.69) is 35.7 Å². The first-order valence-corrected chi connectivity index (χ1v) is 12.3. The molecule has 2 aromatic carbocycles. The lowest BCUT2D eigenvalue weighted by Crippen LogP contribution is -1.93. The number of aromatic nitrogens is 1. The Hall–Kier alpha value is -2.60. The molecule has 3 heterocycles. The fourth-order valence-corrected chi connectivity index (χ4v) is 6.46. The Kier molecular flexibility index (Phi) is 5.10. The van der Waals surface area contributed by atoms with Gasteiger partial charge in [-0.25, -0.2) is 4.98 Å². The van der Waals surface area contributed by atoms with Crippen LogP contribution in [0.5, 0.6) is 0 Å². The van der Waals surface area contributed by atoms with Crippen molar-refractivity contribution in [2.75, 3.05) is 0 Å². The maximum Gasteiger partial charge on any atom is 0.125 e. The first-order chi connectivity index (χ1) is 14.3. The van der Waals surface area contributed by atoms with Gasteiger partial charge >= 0.3 is 0 Å². The number of benzene rings is 2. The highest BCUT2D eigenvalue weighted by molar-refractivity contribution is 7.86. The van der Waals surface area contributed by atoms with Crippen molar-refractivity contribution in [3.05, 3.63) is 95.9 Å². The summed E-state index contributed by atoms with van der Waals surface area (Å²) in [4.78, 5) is 6.99. The third kappa shape index (κ3) is 3.81. The topological polar surface area (TPSA) is 30.0 Å². The monoisotopic (exact) mass is 431 g/mol. The van der Waals surface area contributed by atoms with Gasteiger partial charge in [-0.15, -0.1) is 22.7 Å². The summed E-state index contributed by atoms with van der Waals surface area (Å²) < 4.78 is 13.9. The summed E-state index contributed by atoms with van der Waals surface area (Å²) in [6, 6.07) is 28.7. The summed E-state index contributed by atoms with van der Waals surface area (Å²) in [6.07, 6.45) is 0. The lowest BCUT2D eigenvalue weighted by atomic mass is 10.0. The summed E-state index contributed by atoms with van der Waals surface area (Å²) in [5, 5.41) is 3.14. The van der Waals surface area contributed by atoms with Crippen LogP contribution in [0.2, 0.25) is 0 Å². The Balaban J connectivity index is 1.63. The average molecular weight is 432 g/mol. The van der Waals surface area contributed by atoms with Gasteiger partial charge in [-0.1, -0.05) is 66.7 Å². The molecule has 0 aliphatic rings. The van der Waals surface area contributed by atoms with E-state index >= 15 is 0 Å². The van der Waals surface area contributed by atoms with Crippen molar-refractivity contribution in [1.82, 2.24) is 4.98 Å². The molecule has 0 spiro atoms. The molecular weight excluding hydrogens is 414 g/mol. The lowest BCUT2D eigenvalue weighted by molar-refractivity contribution is 0.684. The number of hydrogen-bond acceptors (Lipinski definition) is 4. The highest BCUT2D eigenvalue weighted by Gasteiger charge is 2.16. The van der Waals surface area contributed by atoms with E-state index < -0.39 is 10.8 Å². The van der Waals surface area contributed by atoms with E-state index in [4.69, 9.17) is 4.98 Å². The minimum Gasteiger partial charge on any atom is -0.253 e. The van der Waals surface area contributed by atoms with E-state index in [0.29, 0.717) is 5.75 Å². The van der Waals surface area contributed by atoms with Gasteiger partial charge in [0.25, 0.3) is 0 Å². The van der Waals surface area contributed by atoms with Crippen LogP contribution in [-0.4, -0.2) is 9.19 Å². The van der Waals surface area contributed by atoms with E-state index in [1.165, 1.54) is 11.3 Å². The second-order valence-corrected chi connectivity index (χ2v) is 10.3. The van der Waals surface area contributed by atoms with Gasteiger partial charge in [0, 0.05) is 5.39 Å². The Labute approximate surface area is 180 Å². The van der Waals surface area contributed by atoms with Crippen LogP contribution < -0.4 is 0 Å². The van der Waals surface area contributed by atoms with Crippen LogP contribution in [0.4, 0.5) is 0 Å². The summed E-state index contributed by atoms with van der Waals surface area (Å²) in [5.41, 5.74) is 4.33. The molecule has 1 unspecified atom stereocenters. The minimum atomic E-state index is -1.09. The molecule has 2 nitrogen and oxygen atoms in total. The first kappa shape index (κ1) is 18.4. The van der Waals surface area contributed by atoms with Crippen LogP contribution in [0.3, 0.4) is 0 Å². The Bertz CT molecular complexity index is 1280. The van der Waals surface area contributed by atoms with Gasteiger partial charge < -0.3 is 0 Å². The molecule has 5 heteroatoms. The Morgan fingerprint density at radius 3 is 2.34 bits per heavy atom. The van der Waals surface area contributed by atoms with E-state index in [0.717, 1.165) is 41.7 Å². The van der Waals surface area contributed by atoms with Crippen molar-refractivity contribution < 1.29 is 4.21 Å². The van der Waals surface area contributed by atoms with Crippen LogP contribution in [0.1, 0.15) is 5.56 Å². The van der Waals surface area contributed by atoms with Crippen molar-refractivity contribution >= 4 is 43.7 Å². The zero-order chi connectivity index (χ0) is 19.6. The van der Waals surface area contributed by atoms with E-state index in [1.54, 1.807) is 11.3 Å². The highest BCUT2D eigenvalue weighted by atomic mass is 32.2. The zero-order valence-corrected chi connectivity index (χ0v) is 17.9. The third-order valence-electron chi connectivity index (χ3n) is 4.71. The lowest BCUT2D eigenvalue weighted by Gasteiger charge is -2.06. The molecule has 1 atom stereocenters. The van der Waals surface area contributed by atoms with Crippen molar-refractivity contribution in [3.63, 3.8) is 0 Å². The number of fused-ring (bicyclic) bond motifs is 1. The van der Waals surface area contributed by atoms with Crippen LogP contribution in [-0.2, 0) is 16.6 Å². The van der Waals surface area contributed by atoms with Crippen molar-refractivity contribution in [1.29, 1.82) is 0 Å². The molecule has 29 heavy (non-hydrogen) atoms. The number of hydrogen-bond donors (Lipinski definition) is 0. The summed E-state index contributed by atoms with van der Waals surface area (Å²) in [7, 11) is -1.09.